The number of nitrogens with zero attached hydrogens (tertiary/aromatic N) is 4. The number of hydrogen-bond acceptors (Lipinski definition) is 6. The Hall–Kier alpha value is -2.32. The largest absolute Gasteiger partial charge is 0.396 e. The Morgan fingerprint density at radius 1 is 1.41 bits per heavy atom. The van der Waals surface area contributed by atoms with Crippen molar-refractivity contribution < 1.29 is 15.0 Å². The van der Waals surface area contributed by atoms with Crippen molar-refractivity contribution in [2.24, 2.45) is 5.92 Å². The lowest BCUT2D eigenvalue weighted by molar-refractivity contribution is 0.0903. The van der Waals surface area contributed by atoms with E-state index in [0.717, 1.165) is 0 Å². The molecule has 1 heterocycles. The molecule has 22 heavy (non-hydrogen) atoms. The van der Waals surface area contributed by atoms with Gasteiger partial charge in [-0.25, -0.2) is 4.68 Å². The molecule has 3 atom stereocenters. The predicted octanol–water partition coefficient (Wildman–Crippen LogP) is -0.476. The van der Waals surface area contributed by atoms with Crippen molar-refractivity contribution in [2.75, 3.05) is 6.61 Å². The molecule has 3 unspecified atom stereocenters. The molecule has 3 N–H and O–H groups in total. The van der Waals surface area contributed by atoms with Crippen LogP contribution < -0.4 is 5.32 Å². The molecule has 1 fully saturated rings. The highest BCUT2D eigenvalue weighted by atomic mass is 16.3. The summed E-state index contributed by atoms with van der Waals surface area (Å²) in [5.74, 6) is -0.386. The van der Waals surface area contributed by atoms with Gasteiger partial charge < -0.3 is 15.5 Å². The lowest BCUT2D eigenvalue weighted by Crippen LogP contribution is -2.33. The van der Waals surface area contributed by atoms with E-state index in [2.05, 4.69) is 20.8 Å². The SMILES string of the molecule is O=C(NC1CC(O)C(CO)C1)c1cccc(-n2cnnn2)c1. The third kappa shape index (κ3) is 2.97. The van der Waals surface area contributed by atoms with Crippen LogP contribution in [0, 0.1) is 5.92 Å². The molecule has 1 aliphatic rings. The zero-order valence-corrected chi connectivity index (χ0v) is 11.8. The molecule has 0 saturated heterocycles. The molecule has 1 aromatic heterocycles. The lowest BCUT2D eigenvalue weighted by Gasteiger charge is -2.13. The highest BCUT2D eigenvalue weighted by Gasteiger charge is 2.33. The summed E-state index contributed by atoms with van der Waals surface area (Å²) in [5.41, 5.74) is 1.19. The summed E-state index contributed by atoms with van der Waals surface area (Å²) in [6, 6.07) is 6.83. The van der Waals surface area contributed by atoms with E-state index < -0.39 is 6.10 Å². The van der Waals surface area contributed by atoms with Crippen LogP contribution in [0.15, 0.2) is 30.6 Å². The second kappa shape index (κ2) is 6.20. The number of aromatic nitrogens is 4. The van der Waals surface area contributed by atoms with Crippen LogP contribution in [0.5, 0.6) is 0 Å². The molecular weight excluding hydrogens is 286 g/mol. The first kappa shape index (κ1) is 14.6. The third-order valence-electron chi connectivity index (χ3n) is 3.95. The Labute approximate surface area is 126 Å². The van der Waals surface area contributed by atoms with Crippen molar-refractivity contribution in [1.82, 2.24) is 25.5 Å². The summed E-state index contributed by atoms with van der Waals surface area (Å²) in [4.78, 5) is 12.3. The highest BCUT2D eigenvalue weighted by Crippen LogP contribution is 2.26. The van der Waals surface area contributed by atoms with Crippen LogP contribution in [0.1, 0.15) is 23.2 Å². The predicted molar refractivity (Wildman–Crippen MR) is 76.2 cm³/mol. The fourth-order valence-electron chi connectivity index (χ4n) is 2.75. The fraction of sp³-hybridized carbons (Fsp3) is 0.429. The van der Waals surface area contributed by atoms with E-state index in [1.807, 2.05) is 0 Å². The van der Waals surface area contributed by atoms with Crippen LogP contribution in [0.3, 0.4) is 0 Å². The van der Waals surface area contributed by atoms with Crippen LogP contribution in [0.25, 0.3) is 5.69 Å². The minimum absolute atomic E-state index is 0.0671. The topological polar surface area (TPSA) is 113 Å². The molecule has 0 aliphatic heterocycles. The Morgan fingerprint density at radius 2 is 2.27 bits per heavy atom. The van der Waals surface area contributed by atoms with E-state index in [1.165, 1.54) is 11.0 Å². The molecule has 3 rings (SSSR count). The van der Waals surface area contributed by atoms with Gasteiger partial charge in [0.2, 0.25) is 0 Å². The van der Waals surface area contributed by atoms with Gasteiger partial charge in [0, 0.05) is 24.1 Å². The standard InChI is InChI=1S/C14H17N5O3/c20-7-10-4-11(6-13(10)21)16-14(22)9-2-1-3-12(5-9)19-8-15-17-18-19/h1-3,5,8,10-11,13,20-21H,4,6-7H2,(H,16,22). The third-order valence-corrected chi connectivity index (χ3v) is 3.95. The van der Waals surface area contributed by atoms with Gasteiger partial charge in [-0.1, -0.05) is 6.07 Å². The van der Waals surface area contributed by atoms with Gasteiger partial charge in [0.05, 0.1) is 11.8 Å². The average molecular weight is 303 g/mol. The van der Waals surface area contributed by atoms with Gasteiger partial charge >= 0.3 is 0 Å². The summed E-state index contributed by atoms with van der Waals surface area (Å²) < 4.78 is 1.47. The molecule has 1 saturated carbocycles. The molecule has 0 radical (unpaired) electrons. The minimum atomic E-state index is -0.567. The maximum atomic E-state index is 12.3. The Balaban J connectivity index is 1.69. The average Bonchev–Trinajstić information content (AvgIpc) is 3.17. The number of carbonyl (C=O) groups excluding carboxylic acids is 1. The number of tetrazole rings is 1. The summed E-state index contributed by atoms with van der Waals surface area (Å²) in [6.07, 6.45) is 1.93. The molecular formula is C14H17N5O3. The maximum Gasteiger partial charge on any atom is 0.251 e. The Morgan fingerprint density at radius 3 is 2.95 bits per heavy atom. The van der Waals surface area contributed by atoms with Gasteiger partial charge in [0.1, 0.15) is 6.33 Å². The number of carbonyl (C=O) groups is 1. The quantitative estimate of drug-likeness (QED) is 0.703. The van der Waals surface area contributed by atoms with E-state index in [4.69, 9.17) is 5.11 Å². The van der Waals surface area contributed by atoms with Crippen molar-refractivity contribution >= 4 is 5.91 Å². The van der Waals surface area contributed by atoms with E-state index in [1.54, 1.807) is 24.3 Å². The number of rotatable bonds is 4. The summed E-state index contributed by atoms with van der Waals surface area (Å²) in [6.45, 7) is -0.0671. The number of benzene rings is 1. The molecule has 8 nitrogen and oxygen atoms in total. The first-order valence-corrected chi connectivity index (χ1v) is 7.10. The van der Waals surface area contributed by atoms with Crippen molar-refractivity contribution in [1.29, 1.82) is 0 Å². The van der Waals surface area contributed by atoms with Gasteiger partial charge in [-0.2, -0.15) is 0 Å². The Bertz CT molecular complexity index is 646. The van der Waals surface area contributed by atoms with Crippen molar-refractivity contribution in [2.45, 2.75) is 25.0 Å². The lowest BCUT2D eigenvalue weighted by atomic mass is 10.1. The smallest absolute Gasteiger partial charge is 0.251 e. The molecule has 1 amide bonds. The fourth-order valence-corrected chi connectivity index (χ4v) is 2.75. The van der Waals surface area contributed by atoms with E-state index in [9.17, 15) is 9.90 Å². The van der Waals surface area contributed by atoms with Gasteiger partial charge in [-0.05, 0) is 41.5 Å². The summed E-state index contributed by atoms with van der Waals surface area (Å²) in [7, 11) is 0. The molecule has 1 aliphatic carbocycles. The second-order valence-electron chi connectivity index (χ2n) is 5.46. The number of hydrogen-bond donors (Lipinski definition) is 3. The van der Waals surface area contributed by atoms with Gasteiger partial charge in [-0.15, -0.1) is 5.10 Å². The summed E-state index contributed by atoms with van der Waals surface area (Å²) >= 11 is 0. The van der Waals surface area contributed by atoms with E-state index in [0.29, 0.717) is 24.1 Å². The molecule has 2 aromatic rings. The molecule has 1 aromatic carbocycles. The molecule has 0 bridgehead atoms. The number of aliphatic hydroxyl groups excluding tert-OH is 2. The van der Waals surface area contributed by atoms with Crippen molar-refractivity contribution in [3.63, 3.8) is 0 Å². The normalized spacial score (nSPS) is 24.4. The van der Waals surface area contributed by atoms with Crippen LogP contribution in [-0.2, 0) is 0 Å². The zero-order chi connectivity index (χ0) is 15.5. The van der Waals surface area contributed by atoms with E-state index in [-0.39, 0.29) is 24.5 Å². The van der Waals surface area contributed by atoms with Crippen LogP contribution in [-0.4, -0.2) is 55.1 Å². The highest BCUT2D eigenvalue weighted by molar-refractivity contribution is 5.94. The first-order valence-electron chi connectivity index (χ1n) is 7.10. The number of nitrogens with one attached hydrogen (secondary N) is 1. The molecule has 0 spiro atoms. The molecule has 8 heteroatoms. The van der Waals surface area contributed by atoms with Gasteiger partial charge in [0.25, 0.3) is 5.91 Å². The maximum absolute atomic E-state index is 12.3. The van der Waals surface area contributed by atoms with Crippen LogP contribution in [0.4, 0.5) is 0 Å². The van der Waals surface area contributed by atoms with Gasteiger partial charge in [0.15, 0.2) is 0 Å². The van der Waals surface area contributed by atoms with Crippen molar-refractivity contribution in [3.8, 4) is 5.69 Å². The van der Waals surface area contributed by atoms with Crippen LogP contribution in [0.2, 0.25) is 0 Å². The monoisotopic (exact) mass is 303 g/mol. The van der Waals surface area contributed by atoms with E-state index >= 15 is 0 Å². The van der Waals surface area contributed by atoms with Crippen LogP contribution >= 0.6 is 0 Å². The van der Waals surface area contributed by atoms with Crippen molar-refractivity contribution in [3.05, 3.63) is 36.2 Å². The zero-order valence-electron chi connectivity index (χ0n) is 11.8. The molecule has 116 valence electrons. The second-order valence-corrected chi connectivity index (χ2v) is 5.46. The van der Waals surface area contributed by atoms with Gasteiger partial charge in [-0.3, -0.25) is 4.79 Å². The number of amides is 1. The summed E-state index contributed by atoms with van der Waals surface area (Å²) in [5, 5.41) is 32.7. The Kier molecular flexibility index (Phi) is 4.12. The first-order chi connectivity index (χ1) is 10.7. The minimum Gasteiger partial charge on any atom is -0.396 e. The number of aliphatic hydroxyl groups is 2.